The van der Waals surface area contributed by atoms with E-state index in [2.05, 4.69) is 17.1 Å². The van der Waals surface area contributed by atoms with E-state index in [0.717, 1.165) is 31.4 Å². The second-order valence-electron chi connectivity index (χ2n) is 6.71. The van der Waals surface area contributed by atoms with E-state index in [1.165, 1.54) is 5.56 Å². The van der Waals surface area contributed by atoms with Gasteiger partial charge in [0.25, 0.3) is 11.5 Å². The predicted molar refractivity (Wildman–Crippen MR) is 98.5 cm³/mol. The number of nitrogens with zero attached hydrogens (tertiary/aromatic N) is 1. The third-order valence-corrected chi connectivity index (χ3v) is 4.73. The SMILES string of the molecule is O=C(OCC(=O)N1CCC(Cc2ccccc2)CC1)c1cc(O)[nH]c(=O)c1. The van der Waals surface area contributed by atoms with Crippen molar-refractivity contribution >= 4 is 11.9 Å². The van der Waals surface area contributed by atoms with E-state index in [1.54, 1.807) is 4.90 Å². The second kappa shape index (κ2) is 8.53. The number of rotatable bonds is 5. The van der Waals surface area contributed by atoms with Crippen molar-refractivity contribution in [2.24, 2.45) is 5.92 Å². The van der Waals surface area contributed by atoms with Crippen molar-refractivity contribution in [3.63, 3.8) is 0 Å². The first kappa shape index (κ1) is 18.7. The Morgan fingerprint density at radius 2 is 1.85 bits per heavy atom. The van der Waals surface area contributed by atoms with Gasteiger partial charge < -0.3 is 14.7 Å². The summed E-state index contributed by atoms with van der Waals surface area (Å²) in [5, 5.41) is 9.32. The zero-order chi connectivity index (χ0) is 19.2. The summed E-state index contributed by atoms with van der Waals surface area (Å²) in [6.07, 6.45) is 2.83. The van der Waals surface area contributed by atoms with Crippen LogP contribution in [-0.4, -0.2) is 46.6 Å². The largest absolute Gasteiger partial charge is 0.494 e. The molecular formula is C20H22N2O5. The number of piperidine rings is 1. The first-order valence-electron chi connectivity index (χ1n) is 8.93. The molecule has 1 aliphatic rings. The number of carbonyl (C=O) groups is 2. The molecule has 7 heteroatoms. The van der Waals surface area contributed by atoms with E-state index >= 15 is 0 Å². The molecule has 0 unspecified atom stereocenters. The molecule has 0 aliphatic carbocycles. The molecular weight excluding hydrogens is 348 g/mol. The van der Waals surface area contributed by atoms with Crippen molar-refractivity contribution in [2.75, 3.05) is 19.7 Å². The van der Waals surface area contributed by atoms with Crippen LogP contribution < -0.4 is 5.56 Å². The second-order valence-corrected chi connectivity index (χ2v) is 6.71. The van der Waals surface area contributed by atoms with Crippen LogP contribution in [0.3, 0.4) is 0 Å². The lowest BCUT2D eigenvalue weighted by Gasteiger charge is -2.32. The number of esters is 1. The molecule has 2 aromatic rings. The van der Waals surface area contributed by atoms with Gasteiger partial charge in [-0.3, -0.25) is 14.6 Å². The quantitative estimate of drug-likeness (QED) is 0.781. The Morgan fingerprint density at radius 1 is 1.15 bits per heavy atom. The van der Waals surface area contributed by atoms with Crippen molar-refractivity contribution in [3.8, 4) is 5.88 Å². The number of likely N-dealkylation sites (tertiary alicyclic amines) is 1. The van der Waals surface area contributed by atoms with Gasteiger partial charge in [-0.05, 0) is 30.7 Å². The minimum absolute atomic E-state index is 0.0920. The maximum atomic E-state index is 12.3. The molecule has 3 rings (SSSR count). The standard InChI is InChI=1S/C20H22N2O5/c23-17-11-16(12-18(24)21-17)20(26)27-13-19(25)22-8-6-15(7-9-22)10-14-4-2-1-3-5-14/h1-5,11-12,15H,6-10,13H2,(H2,21,23,24). The summed E-state index contributed by atoms with van der Waals surface area (Å²) in [5.74, 6) is -0.960. The average molecular weight is 370 g/mol. The highest BCUT2D eigenvalue weighted by Crippen LogP contribution is 2.21. The van der Waals surface area contributed by atoms with Crippen molar-refractivity contribution in [3.05, 3.63) is 63.9 Å². The molecule has 0 bridgehead atoms. The van der Waals surface area contributed by atoms with E-state index < -0.39 is 17.4 Å². The molecule has 2 heterocycles. The first-order valence-corrected chi connectivity index (χ1v) is 8.93. The molecule has 1 amide bonds. The van der Waals surface area contributed by atoms with E-state index in [0.29, 0.717) is 19.0 Å². The van der Waals surface area contributed by atoms with Crippen LogP contribution >= 0.6 is 0 Å². The summed E-state index contributed by atoms with van der Waals surface area (Å²) in [6.45, 7) is 0.898. The molecule has 1 fully saturated rings. The van der Waals surface area contributed by atoms with E-state index in [9.17, 15) is 19.5 Å². The van der Waals surface area contributed by atoms with Gasteiger partial charge in [0.2, 0.25) is 0 Å². The Labute approximate surface area is 156 Å². The van der Waals surface area contributed by atoms with Gasteiger partial charge in [0.1, 0.15) is 0 Å². The highest BCUT2D eigenvalue weighted by molar-refractivity contribution is 5.91. The number of aromatic nitrogens is 1. The fourth-order valence-electron chi connectivity index (χ4n) is 3.28. The third-order valence-electron chi connectivity index (χ3n) is 4.73. The number of nitrogens with one attached hydrogen (secondary N) is 1. The molecule has 1 aromatic carbocycles. The van der Waals surface area contributed by atoms with Gasteiger partial charge in [0, 0.05) is 25.2 Å². The molecule has 1 saturated heterocycles. The number of pyridine rings is 1. The van der Waals surface area contributed by atoms with Crippen LogP contribution in [0.25, 0.3) is 0 Å². The maximum absolute atomic E-state index is 12.3. The van der Waals surface area contributed by atoms with E-state index in [-0.39, 0.29) is 18.1 Å². The fraction of sp³-hybridized carbons (Fsp3) is 0.350. The zero-order valence-corrected chi connectivity index (χ0v) is 14.9. The number of ether oxygens (including phenoxy) is 1. The fourth-order valence-corrected chi connectivity index (χ4v) is 3.28. The number of H-pyrrole nitrogens is 1. The first-order chi connectivity index (χ1) is 13.0. The Hall–Kier alpha value is -3.09. The van der Waals surface area contributed by atoms with Crippen molar-refractivity contribution < 1.29 is 19.4 Å². The number of amides is 1. The van der Waals surface area contributed by atoms with Crippen molar-refractivity contribution in [1.29, 1.82) is 0 Å². The van der Waals surface area contributed by atoms with E-state index in [1.807, 2.05) is 18.2 Å². The highest BCUT2D eigenvalue weighted by Gasteiger charge is 2.24. The average Bonchev–Trinajstić information content (AvgIpc) is 2.66. The lowest BCUT2D eigenvalue weighted by Crippen LogP contribution is -2.41. The summed E-state index contributed by atoms with van der Waals surface area (Å²) in [6, 6.07) is 12.4. The Balaban J connectivity index is 1.45. The van der Waals surface area contributed by atoms with Gasteiger partial charge in [-0.2, -0.15) is 0 Å². The third kappa shape index (κ3) is 5.20. The molecule has 7 nitrogen and oxygen atoms in total. The smallest absolute Gasteiger partial charge is 0.339 e. The van der Waals surface area contributed by atoms with Crippen molar-refractivity contribution in [2.45, 2.75) is 19.3 Å². The van der Waals surface area contributed by atoms with Gasteiger partial charge in [-0.15, -0.1) is 0 Å². The van der Waals surface area contributed by atoms with Crippen LogP contribution in [0.15, 0.2) is 47.3 Å². The van der Waals surface area contributed by atoms with Crippen LogP contribution in [0, 0.1) is 5.92 Å². The Kier molecular flexibility index (Phi) is 5.90. The molecule has 142 valence electrons. The maximum Gasteiger partial charge on any atom is 0.339 e. The lowest BCUT2D eigenvalue weighted by atomic mass is 9.90. The lowest BCUT2D eigenvalue weighted by molar-refractivity contribution is -0.135. The van der Waals surface area contributed by atoms with Crippen molar-refractivity contribution in [1.82, 2.24) is 9.88 Å². The van der Waals surface area contributed by atoms with E-state index in [4.69, 9.17) is 4.74 Å². The van der Waals surface area contributed by atoms with Crippen LogP contribution in [0.2, 0.25) is 0 Å². The predicted octanol–water partition coefficient (Wildman–Crippen LogP) is 1.72. The summed E-state index contributed by atoms with van der Waals surface area (Å²) in [7, 11) is 0. The monoisotopic (exact) mass is 370 g/mol. The van der Waals surface area contributed by atoms with Crippen LogP contribution in [0.1, 0.15) is 28.8 Å². The normalized spacial score (nSPS) is 14.7. The zero-order valence-electron chi connectivity index (χ0n) is 14.9. The molecule has 1 aliphatic heterocycles. The topological polar surface area (TPSA) is 99.7 Å². The van der Waals surface area contributed by atoms with Crippen LogP contribution in [-0.2, 0) is 16.0 Å². The molecule has 2 N–H and O–H groups in total. The van der Waals surface area contributed by atoms with Gasteiger partial charge in [0.15, 0.2) is 12.5 Å². The minimum Gasteiger partial charge on any atom is -0.494 e. The van der Waals surface area contributed by atoms with Gasteiger partial charge in [0.05, 0.1) is 5.56 Å². The van der Waals surface area contributed by atoms with Gasteiger partial charge >= 0.3 is 5.97 Å². The molecule has 0 saturated carbocycles. The summed E-state index contributed by atoms with van der Waals surface area (Å²) in [5.41, 5.74) is 0.594. The minimum atomic E-state index is -0.816. The van der Waals surface area contributed by atoms with Crippen LogP contribution in [0.5, 0.6) is 5.88 Å². The number of aromatic hydroxyl groups is 1. The van der Waals surface area contributed by atoms with Gasteiger partial charge in [-0.1, -0.05) is 30.3 Å². The number of aromatic amines is 1. The molecule has 0 radical (unpaired) electrons. The molecule has 27 heavy (non-hydrogen) atoms. The highest BCUT2D eigenvalue weighted by atomic mass is 16.5. The number of benzene rings is 1. The van der Waals surface area contributed by atoms with Gasteiger partial charge in [-0.25, -0.2) is 4.79 Å². The number of hydrogen-bond donors (Lipinski definition) is 2. The summed E-state index contributed by atoms with van der Waals surface area (Å²) >= 11 is 0. The van der Waals surface area contributed by atoms with Crippen LogP contribution in [0.4, 0.5) is 0 Å². The molecule has 1 aromatic heterocycles. The molecule has 0 atom stereocenters. The summed E-state index contributed by atoms with van der Waals surface area (Å²) in [4.78, 5) is 39.3. The Morgan fingerprint density at radius 3 is 2.52 bits per heavy atom. The number of hydrogen-bond acceptors (Lipinski definition) is 5. The summed E-state index contributed by atoms with van der Waals surface area (Å²) < 4.78 is 4.98. The molecule has 0 spiro atoms. The Bertz CT molecular complexity index is 854. The number of carbonyl (C=O) groups excluding carboxylic acids is 2.